The third-order valence-corrected chi connectivity index (χ3v) is 5.96. The highest BCUT2D eigenvalue weighted by Gasteiger charge is 2.28. The maximum Gasteiger partial charge on any atom is 0.291 e. The Labute approximate surface area is 172 Å². The molecule has 0 atom stereocenters. The van der Waals surface area contributed by atoms with E-state index in [1.54, 1.807) is 0 Å². The predicted molar refractivity (Wildman–Crippen MR) is 113 cm³/mol. The zero-order valence-electron chi connectivity index (χ0n) is 17.4. The number of carbonyl (C=O) groups excluding carboxylic acids is 2. The van der Waals surface area contributed by atoms with Crippen LogP contribution in [0.25, 0.3) is 0 Å². The SMILES string of the molecule is Cc1cc(C)cc(NC(=O)c2nc(C(=O)NC3CCCCC3)c3n2CCCC3)c1. The summed E-state index contributed by atoms with van der Waals surface area (Å²) < 4.78 is 1.94. The molecule has 0 saturated heterocycles. The highest BCUT2D eigenvalue weighted by molar-refractivity contribution is 6.03. The lowest BCUT2D eigenvalue weighted by Gasteiger charge is -2.23. The second-order valence-corrected chi connectivity index (χ2v) is 8.48. The second kappa shape index (κ2) is 8.39. The molecule has 2 amide bonds. The molecule has 29 heavy (non-hydrogen) atoms. The Hall–Kier alpha value is -2.63. The number of hydrogen-bond acceptors (Lipinski definition) is 3. The summed E-state index contributed by atoms with van der Waals surface area (Å²) in [4.78, 5) is 30.5. The maximum atomic E-state index is 13.0. The minimum atomic E-state index is -0.255. The van der Waals surface area contributed by atoms with Crippen molar-refractivity contribution in [2.75, 3.05) is 5.32 Å². The van der Waals surface area contributed by atoms with Crippen molar-refractivity contribution in [2.24, 2.45) is 0 Å². The van der Waals surface area contributed by atoms with Crippen molar-refractivity contribution in [1.29, 1.82) is 0 Å². The van der Waals surface area contributed by atoms with Gasteiger partial charge in [-0.05, 0) is 69.2 Å². The fourth-order valence-corrected chi connectivity index (χ4v) is 4.63. The van der Waals surface area contributed by atoms with Crippen molar-refractivity contribution in [1.82, 2.24) is 14.9 Å². The number of hydrogen-bond donors (Lipinski definition) is 2. The van der Waals surface area contributed by atoms with Crippen LogP contribution in [-0.4, -0.2) is 27.4 Å². The average molecular weight is 395 g/mol. The summed E-state index contributed by atoms with van der Waals surface area (Å²) in [5.41, 5.74) is 4.28. The van der Waals surface area contributed by atoms with E-state index in [4.69, 9.17) is 0 Å². The van der Waals surface area contributed by atoms with Crippen LogP contribution < -0.4 is 10.6 Å². The van der Waals surface area contributed by atoms with E-state index in [9.17, 15) is 9.59 Å². The third kappa shape index (κ3) is 4.36. The molecule has 2 aliphatic rings. The van der Waals surface area contributed by atoms with Gasteiger partial charge >= 0.3 is 0 Å². The molecule has 0 radical (unpaired) electrons. The van der Waals surface area contributed by atoms with Crippen LogP contribution in [0.5, 0.6) is 0 Å². The van der Waals surface area contributed by atoms with Crippen molar-refractivity contribution in [2.45, 2.75) is 77.8 Å². The van der Waals surface area contributed by atoms with E-state index in [0.717, 1.165) is 74.0 Å². The first-order valence-corrected chi connectivity index (χ1v) is 10.8. The topological polar surface area (TPSA) is 76.0 Å². The van der Waals surface area contributed by atoms with Gasteiger partial charge in [0.1, 0.15) is 5.69 Å². The highest BCUT2D eigenvalue weighted by Crippen LogP contribution is 2.24. The zero-order valence-corrected chi connectivity index (χ0v) is 17.4. The molecule has 6 heteroatoms. The largest absolute Gasteiger partial charge is 0.348 e. The second-order valence-electron chi connectivity index (χ2n) is 8.48. The van der Waals surface area contributed by atoms with Crippen LogP contribution >= 0.6 is 0 Å². The standard InChI is InChI=1S/C23H30N4O2/c1-15-12-16(2)14-18(13-15)25-23(29)21-26-20(19-10-6-7-11-27(19)21)22(28)24-17-8-4-3-5-9-17/h12-14,17H,3-11H2,1-2H3,(H,24,28)(H,25,29). The Morgan fingerprint density at radius 3 is 2.41 bits per heavy atom. The molecule has 1 aromatic carbocycles. The van der Waals surface area contributed by atoms with Gasteiger partial charge in [0, 0.05) is 18.3 Å². The normalized spacial score (nSPS) is 16.9. The number of aromatic nitrogens is 2. The molecule has 1 aromatic heterocycles. The zero-order chi connectivity index (χ0) is 20.4. The van der Waals surface area contributed by atoms with Crippen LogP contribution in [0.3, 0.4) is 0 Å². The van der Waals surface area contributed by atoms with E-state index in [1.165, 1.54) is 6.42 Å². The highest BCUT2D eigenvalue weighted by atomic mass is 16.2. The van der Waals surface area contributed by atoms with Gasteiger partial charge in [-0.15, -0.1) is 0 Å². The van der Waals surface area contributed by atoms with E-state index in [-0.39, 0.29) is 17.9 Å². The van der Waals surface area contributed by atoms with Crippen molar-refractivity contribution in [3.05, 3.63) is 46.5 Å². The first-order chi connectivity index (χ1) is 14.0. The molecule has 0 spiro atoms. The lowest BCUT2D eigenvalue weighted by atomic mass is 9.95. The molecule has 1 aliphatic heterocycles. The van der Waals surface area contributed by atoms with Gasteiger partial charge in [0.15, 0.2) is 5.82 Å². The monoisotopic (exact) mass is 394 g/mol. The number of nitrogens with zero attached hydrogens (tertiary/aromatic N) is 2. The van der Waals surface area contributed by atoms with E-state index < -0.39 is 0 Å². The number of carbonyl (C=O) groups is 2. The molecule has 2 aromatic rings. The molecule has 6 nitrogen and oxygen atoms in total. The fraction of sp³-hybridized carbons (Fsp3) is 0.522. The van der Waals surface area contributed by atoms with Crippen LogP contribution in [0.2, 0.25) is 0 Å². The van der Waals surface area contributed by atoms with E-state index in [1.807, 2.05) is 30.5 Å². The van der Waals surface area contributed by atoms with Crippen molar-refractivity contribution in [3.63, 3.8) is 0 Å². The van der Waals surface area contributed by atoms with Crippen molar-refractivity contribution < 1.29 is 9.59 Å². The summed E-state index contributed by atoms with van der Waals surface area (Å²) >= 11 is 0. The van der Waals surface area contributed by atoms with Gasteiger partial charge in [-0.3, -0.25) is 9.59 Å². The lowest BCUT2D eigenvalue weighted by Crippen LogP contribution is -2.37. The van der Waals surface area contributed by atoms with Gasteiger partial charge in [0.2, 0.25) is 0 Å². The number of nitrogens with one attached hydrogen (secondary N) is 2. The number of aryl methyl sites for hydroxylation is 2. The van der Waals surface area contributed by atoms with Crippen LogP contribution in [0.15, 0.2) is 18.2 Å². The van der Waals surface area contributed by atoms with Crippen LogP contribution in [0.4, 0.5) is 5.69 Å². The van der Waals surface area contributed by atoms with Gasteiger partial charge in [-0.2, -0.15) is 0 Å². The van der Waals surface area contributed by atoms with Gasteiger partial charge in [0.25, 0.3) is 11.8 Å². The molecule has 2 heterocycles. The van der Waals surface area contributed by atoms with Crippen LogP contribution in [0.1, 0.15) is 82.9 Å². The average Bonchev–Trinajstić information content (AvgIpc) is 3.08. The summed E-state index contributed by atoms with van der Waals surface area (Å²) in [6, 6.07) is 6.19. The quantitative estimate of drug-likeness (QED) is 0.818. The molecule has 0 bridgehead atoms. The number of imidazole rings is 1. The fourth-order valence-electron chi connectivity index (χ4n) is 4.63. The summed E-state index contributed by atoms with van der Waals surface area (Å²) in [5, 5.41) is 6.13. The third-order valence-electron chi connectivity index (χ3n) is 5.96. The molecule has 154 valence electrons. The number of rotatable bonds is 4. The molecule has 1 fully saturated rings. The number of fused-ring (bicyclic) bond motifs is 1. The minimum Gasteiger partial charge on any atom is -0.348 e. The Morgan fingerprint density at radius 2 is 1.69 bits per heavy atom. The van der Waals surface area contributed by atoms with Crippen molar-refractivity contribution in [3.8, 4) is 0 Å². The minimum absolute atomic E-state index is 0.131. The van der Waals surface area contributed by atoms with Crippen molar-refractivity contribution >= 4 is 17.5 Å². The molecule has 4 rings (SSSR count). The number of benzene rings is 1. The predicted octanol–water partition coefficient (Wildman–Crippen LogP) is 4.15. The summed E-state index contributed by atoms with van der Waals surface area (Å²) in [6.07, 6.45) is 8.44. The van der Waals surface area contributed by atoms with Gasteiger partial charge < -0.3 is 15.2 Å². The van der Waals surface area contributed by atoms with Gasteiger partial charge in [-0.1, -0.05) is 25.3 Å². The Bertz CT molecular complexity index is 905. The van der Waals surface area contributed by atoms with Gasteiger partial charge in [-0.25, -0.2) is 4.98 Å². The summed E-state index contributed by atoms with van der Waals surface area (Å²) in [6.45, 7) is 4.75. The van der Waals surface area contributed by atoms with Gasteiger partial charge in [0.05, 0.1) is 5.69 Å². The summed E-state index contributed by atoms with van der Waals surface area (Å²) in [7, 11) is 0. The van der Waals surface area contributed by atoms with E-state index >= 15 is 0 Å². The Balaban J connectivity index is 1.58. The number of amides is 2. The molecular formula is C23H30N4O2. The summed E-state index contributed by atoms with van der Waals surface area (Å²) in [5.74, 6) is -0.0458. The molecule has 0 unspecified atom stereocenters. The first-order valence-electron chi connectivity index (χ1n) is 10.8. The molecule has 2 N–H and O–H groups in total. The molecular weight excluding hydrogens is 364 g/mol. The first kappa shape index (κ1) is 19.7. The molecule has 1 aliphatic carbocycles. The van der Waals surface area contributed by atoms with Crippen LogP contribution in [-0.2, 0) is 13.0 Å². The molecule has 1 saturated carbocycles. The lowest BCUT2D eigenvalue weighted by molar-refractivity contribution is 0.0921. The Kier molecular flexibility index (Phi) is 5.69. The Morgan fingerprint density at radius 1 is 0.966 bits per heavy atom. The van der Waals surface area contributed by atoms with E-state index in [2.05, 4.69) is 21.7 Å². The maximum absolute atomic E-state index is 13.0. The number of anilines is 1. The smallest absolute Gasteiger partial charge is 0.291 e. The van der Waals surface area contributed by atoms with Crippen LogP contribution in [0, 0.1) is 13.8 Å². The van der Waals surface area contributed by atoms with E-state index in [0.29, 0.717) is 11.5 Å².